The lowest BCUT2D eigenvalue weighted by Crippen LogP contribution is -2.37. The van der Waals surface area contributed by atoms with Crippen LogP contribution in [0.1, 0.15) is 23.6 Å². The molecule has 2 amide bonds. The molecule has 0 radical (unpaired) electrons. The van der Waals surface area contributed by atoms with Crippen LogP contribution in [0.3, 0.4) is 0 Å². The number of halogens is 1. The van der Waals surface area contributed by atoms with E-state index in [4.69, 9.17) is 0 Å². The summed E-state index contributed by atoms with van der Waals surface area (Å²) in [7, 11) is 0. The second-order valence-corrected chi connectivity index (χ2v) is 6.60. The summed E-state index contributed by atoms with van der Waals surface area (Å²) in [5.41, 5.74) is 7.10. The highest BCUT2D eigenvalue weighted by Crippen LogP contribution is 2.27. The number of carbonyl (C=O) groups is 2. The van der Waals surface area contributed by atoms with Crippen LogP contribution in [0.2, 0.25) is 0 Å². The van der Waals surface area contributed by atoms with Crippen molar-refractivity contribution in [2.24, 2.45) is 5.10 Å². The van der Waals surface area contributed by atoms with Gasteiger partial charge in [0.05, 0.1) is 6.21 Å². The predicted molar refractivity (Wildman–Crippen MR) is 108 cm³/mol. The molecule has 0 heterocycles. The molecule has 0 aliphatic heterocycles. The van der Waals surface area contributed by atoms with Gasteiger partial charge >= 0.3 is 11.8 Å². The van der Waals surface area contributed by atoms with Gasteiger partial charge in [0.2, 0.25) is 0 Å². The Balaban J connectivity index is 2.21. The number of hydrogen-bond donors (Lipinski definition) is 3. The van der Waals surface area contributed by atoms with Crippen molar-refractivity contribution in [1.29, 1.82) is 0 Å². The Labute approximate surface area is 161 Å². The molecule has 7 heteroatoms. The van der Waals surface area contributed by atoms with Crippen LogP contribution in [0.5, 0.6) is 0 Å². The number of amides is 2. The lowest BCUT2D eigenvalue weighted by Gasteiger charge is -2.14. The minimum atomic E-state index is -0.803. The highest BCUT2D eigenvalue weighted by molar-refractivity contribution is 9.10. The highest BCUT2D eigenvalue weighted by atomic mass is 79.9. The van der Waals surface area contributed by atoms with Gasteiger partial charge in [-0.1, -0.05) is 34.1 Å². The van der Waals surface area contributed by atoms with Crippen LogP contribution in [0.4, 0.5) is 11.4 Å². The number of nitrogens with one attached hydrogen (secondary N) is 3. The van der Waals surface area contributed by atoms with Gasteiger partial charge in [0, 0.05) is 28.0 Å². The summed E-state index contributed by atoms with van der Waals surface area (Å²) in [6.07, 6.45) is 1.50. The number of likely N-dealkylation sites (N-methyl/N-ethyl adjacent to an activating group) is 1. The number of nitrogens with zero attached hydrogens (tertiary/aromatic N) is 1. The molecule has 0 saturated carbocycles. The number of anilines is 2. The first-order valence-electron chi connectivity index (χ1n) is 8.16. The Bertz CT molecular complexity index is 829. The molecule has 0 aromatic heterocycles. The summed E-state index contributed by atoms with van der Waals surface area (Å²) in [4.78, 5) is 23.0. The summed E-state index contributed by atoms with van der Waals surface area (Å²) in [6.45, 7) is 6.19. The largest absolute Gasteiger partial charge is 0.355 e. The number of hydrogen-bond acceptors (Lipinski definition) is 4. The fraction of sp³-hybridized carbons (Fsp3) is 0.211. The number of hydrazone groups is 1. The van der Waals surface area contributed by atoms with E-state index >= 15 is 0 Å². The van der Waals surface area contributed by atoms with Gasteiger partial charge in [0.1, 0.15) is 0 Å². The Morgan fingerprint density at radius 2 is 1.81 bits per heavy atom. The van der Waals surface area contributed by atoms with Crippen LogP contribution in [0.15, 0.2) is 46.0 Å². The third kappa shape index (κ3) is 5.16. The van der Waals surface area contributed by atoms with E-state index in [0.29, 0.717) is 6.54 Å². The summed E-state index contributed by atoms with van der Waals surface area (Å²) in [5, 5.41) is 9.72. The third-order valence-electron chi connectivity index (χ3n) is 3.67. The third-order valence-corrected chi connectivity index (χ3v) is 4.16. The van der Waals surface area contributed by atoms with Crippen molar-refractivity contribution in [1.82, 2.24) is 10.7 Å². The first kappa shape index (κ1) is 19.7. The molecule has 0 fully saturated rings. The fourth-order valence-electron chi connectivity index (χ4n) is 2.35. The van der Waals surface area contributed by atoms with Crippen LogP contribution >= 0.6 is 15.9 Å². The van der Waals surface area contributed by atoms with Crippen molar-refractivity contribution in [3.63, 3.8) is 0 Å². The van der Waals surface area contributed by atoms with E-state index in [2.05, 4.69) is 37.1 Å². The minimum absolute atomic E-state index is 0.380. The van der Waals surface area contributed by atoms with Crippen molar-refractivity contribution in [2.45, 2.75) is 20.8 Å². The van der Waals surface area contributed by atoms with Crippen molar-refractivity contribution in [3.05, 3.63) is 57.6 Å². The summed E-state index contributed by atoms with van der Waals surface area (Å²) in [6, 6.07) is 11.8. The molecule has 136 valence electrons. The number of para-hydroxylation sites is 1. The van der Waals surface area contributed by atoms with E-state index in [9.17, 15) is 9.59 Å². The van der Waals surface area contributed by atoms with Crippen LogP contribution in [-0.2, 0) is 9.59 Å². The van der Waals surface area contributed by atoms with Crippen molar-refractivity contribution in [2.75, 3.05) is 11.9 Å². The van der Waals surface area contributed by atoms with Crippen LogP contribution in [0.25, 0.3) is 0 Å². The Morgan fingerprint density at radius 1 is 1.12 bits per heavy atom. The number of rotatable bonds is 5. The zero-order valence-electron chi connectivity index (χ0n) is 14.9. The predicted octanol–water partition coefficient (Wildman–Crippen LogP) is 3.40. The highest BCUT2D eigenvalue weighted by Gasteiger charge is 2.11. The first-order chi connectivity index (χ1) is 12.4. The number of aryl methyl sites for hydroxylation is 2. The average Bonchev–Trinajstić information content (AvgIpc) is 2.60. The van der Waals surface area contributed by atoms with Gasteiger partial charge in [-0.15, -0.1) is 0 Å². The molecule has 0 unspecified atom stereocenters. The topological polar surface area (TPSA) is 82.6 Å². The Kier molecular flexibility index (Phi) is 6.91. The van der Waals surface area contributed by atoms with E-state index in [0.717, 1.165) is 32.5 Å². The van der Waals surface area contributed by atoms with Gasteiger partial charge in [-0.3, -0.25) is 9.59 Å². The molecule has 0 bridgehead atoms. The van der Waals surface area contributed by atoms with E-state index < -0.39 is 11.8 Å². The van der Waals surface area contributed by atoms with E-state index in [1.807, 2.05) is 50.2 Å². The molecule has 26 heavy (non-hydrogen) atoms. The quantitative estimate of drug-likeness (QED) is 0.396. The molecular weight excluding hydrogens is 396 g/mol. The minimum Gasteiger partial charge on any atom is -0.355 e. The molecule has 0 aliphatic carbocycles. The molecular formula is C19H21BrN4O2. The molecule has 0 saturated heterocycles. The van der Waals surface area contributed by atoms with Crippen molar-refractivity contribution >= 4 is 45.3 Å². The molecule has 2 aromatic carbocycles. The standard InChI is InChI=1S/C19H21BrN4O2/c1-4-21-18(25)19(26)24-22-11-14-10-15(20)8-9-16(14)23-17-12(2)6-5-7-13(17)3/h5-11,23H,4H2,1-3H3,(H,21,25)(H,24,26)/b22-11-. The van der Waals surface area contributed by atoms with Gasteiger partial charge < -0.3 is 10.6 Å². The maximum absolute atomic E-state index is 11.6. The molecule has 3 N–H and O–H groups in total. The maximum Gasteiger partial charge on any atom is 0.329 e. The molecule has 0 spiro atoms. The number of carbonyl (C=O) groups excluding carboxylic acids is 2. The molecule has 2 aromatic rings. The Morgan fingerprint density at radius 3 is 2.46 bits per heavy atom. The summed E-state index contributed by atoms with van der Waals surface area (Å²) in [5.74, 6) is -1.52. The molecule has 0 atom stereocenters. The fourth-order valence-corrected chi connectivity index (χ4v) is 2.73. The van der Waals surface area contributed by atoms with E-state index in [-0.39, 0.29) is 0 Å². The van der Waals surface area contributed by atoms with E-state index in [1.165, 1.54) is 6.21 Å². The monoisotopic (exact) mass is 416 g/mol. The first-order valence-corrected chi connectivity index (χ1v) is 8.95. The maximum atomic E-state index is 11.6. The second kappa shape index (κ2) is 9.15. The van der Waals surface area contributed by atoms with Crippen LogP contribution in [-0.4, -0.2) is 24.6 Å². The lowest BCUT2D eigenvalue weighted by molar-refractivity contribution is -0.139. The number of benzene rings is 2. The molecule has 6 nitrogen and oxygen atoms in total. The van der Waals surface area contributed by atoms with Crippen molar-refractivity contribution < 1.29 is 9.59 Å². The Hall–Kier alpha value is -2.67. The second-order valence-electron chi connectivity index (χ2n) is 5.68. The van der Waals surface area contributed by atoms with Crippen LogP contribution < -0.4 is 16.1 Å². The lowest BCUT2D eigenvalue weighted by atomic mass is 10.1. The van der Waals surface area contributed by atoms with Gasteiger partial charge in [-0.05, 0) is 50.1 Å². The van der Waals surface area contributed by atoms with Crippen molar-refractivity contribution in [3.8, 4) is 0 Å². The van der Waals surface area contributed by atoms with Gasteiger partial charge in [0.25, 0.3) is 0 Å². The van der Waals surface area contributed by atoms with Crippen LogP contribution in [0, 0.1) is 13.8 Å². The van der Waals surface area contributed by atoms with E-state index in [1.54, 1.807) is 6.92 Å². The SMILES string of the molecule is CCNC(=O)C(=O)N/N=C\c1cc(Br)ccc1Nc1c(C)cccc1C. The summed E-state index contributed by atoms with van der Waals surface area (Å²) < 4.78 is 0.876. The zero-order chi connectivity index (χ0) is 19.1. The average molecular weight is 417 g/mol. The molecule has 0 aliphatic rings. The normalized spacial score (nSPS) is 10.6. The van der Waals surface area contributed by atoms with Gasteiger partial charge in [-0.25, -0.2) is 5.43 Å². The zero-order valence-corrected chi connectivity index (χ0v) is 16.5. The molecule has 2 rings (SSSR count). The summed E-state index contributed by atoms with van der Waals surface area (Å²) >= 11 is 3.43. The van der Waals surface area contributed by atoms with Gasteiger partial charge in [-0.2, -0.15) is 5.10 Å². The van der Waals surface area contributed by atoms with Gasteiger partial charge in [0.15, 0.2) is 0 Å². The smallest absolute Gasteiger partial charge is 0.329 e.